The van der Waals surface area contributed by atoms with Gasteiger partial charge in [0.05, 0.1) is 0 Å². The van der Waals surface area contributed by atoms with E-state index in [1.807, 2.05) is 12.3 Å². The number of rotatable bonds is 2. The molecule has 17 heavy (non-hydrogen) atoms. The first-order valence-corrected chi connectivity index (χ1v) is 6.47. The second-order valence-corrected chi connectivity index (χ2v) is 4.65. The summed E-state index contributed by atoms with van der Waals surface area (Å²) < 4.78 is 0. The van der Waals surface area contributed by atoms with E-state index < -0.39 is 0 Å². The van der Waals surface area contributed by atoms with Crippen molar-refractivity contribution in [3.63, 3.8) is 0 Å². The maximum atomic E-state index is 4.69. The molecule has 1 aromatic rings. The molecule has 0 aromatic carbocycles. The van der Waals surface area contributed by atoms with Crippen molar-refractivity contribution in [3.05, 3.63) is 12.3 Å². The van der Waals surface area contributed by atoms with E-state index >= 15 is 0 Å². The van der Waals surface area contributed by atoms with Gasteiger partial charge >= 0.3 is 0 Å². The van der Waals surface area contributed by atoms with Crippen LogP contribution in [0.5, 0.6) is 0 Å². The van der Waals surface area contributed by atoms with Crippen molar-refractivity contribution in [3.8, 4) is 0 Å². The number of hydrogen-bond donors (Lipinski definition) is 1. The lowest BCUT2D eigenvalue weighted by Gasteiger charge is -2.29. The minimum Gasteiger partial charge on any atom is -0.354 e. The zero-order valence-corrected chi connectivity index (χ0v) is 10.1. The molecule has 2 aliphatic rings. The molecule has 5 heteroatoms. The Morgan fingerprint density at radius 2 is 1.76 bits per heavy atom. The number of nitrogens with one attached hydrogen (secondary N) is 1. The molecule has 2 aliphatic heterocycles. The molecular weight excluding hydrogens is 214 g/mol. The van der Waals surface area contributed by atoms with Crippen molar-refractivity contribution >= 4 is 11.8 Å². The Morgan fingerprint density at radius 3 is 2.53 bits per heavy atom. The van der Waals surface area contributed by atoms with E-state index in [0.717, 1.165) is 51.0 Å². The van der Waals surface area contributed by atoms with E-state index in [0.29, 0.717) is 0 Å². The van der Waals surface area contributed by atoms with Crippen LogP contribution in [0.15, 0.2) is 12.3 Å². The van der Waals surface area contributed by atoms with Gasteiger partial charge in [0.2, 0.25) is 5.95 Å². The fourth-order valence-corrected chi connectivity index (χ4v) is 2.48. The molecule has 0 radical (unpaired) electrons. The van der Waals surface area contributed by atoms with Gasteiger partial charge < -0.3 is 15.1 Å². The molecule has 1 aromatic heterocycles. The third-order valence-electron chi connectivity index (χ3n) is 3.46. The molecule has 2 saturated heterocycles. The van der Waals surface area contributed by atoms with E-state index in [1.165, 1.54) is 12.8 Å². The van der Waals surface area contributed by atoms with Crippen molar-refractivity contribution in [1.82, 2.24) is 15.3 Å². The molecule has 0 saturated carbocycles. The van der Waals surface area contributed by atoms with Crippen molar-refractivity contribution in [1.29, 1.82) is 0 Å². The summed E-state index contributed by atoms with van der Waals surface area (Å²) in [6.45, 7) is 6.37. The van der Waals surface area contributed by atoms with Gasteiger partial charge in [0.1, 0.15) is 5.82 Å². The molecule has 0 bridgehead atoms. The Hall–Kier alpha value is -1.36. The summed E-state index contributed by atoms with van der Waals surface area (Å²) >= 11 is 0. The highest BCUT2D eigenvalue weighted by Gasteiger charge is 2.17. The highest BCUT2D eigenvalue weighted by Crippen LogP contribution is 2.18. The molecule has 0 spiro atoms. The summed E-state index contributed by atoms with van der Waals surface area (Å²) in [4.78, 5) is 13.7. The molecule has 1 N–H and O–H groups in total. The third-order valence-corrected chi connectivity index (χ3v) is 3.46. The van der Waals surface area contributed by atoms with Crippen LogP contribution in [0.1, 0.15) is 12.8 Å². The van der Waals surface area contributed by atoms with Crippen molar-refractivity contribution in [2.75, 3.05) is 49.1 Å². The third kappa shape index (κ3) is 2.34. The number of nitrogens with zero attached hydrogens (tertiary/aromatic N) is 4. The minimum atomic E-state index is 0.901. The van der Waals surface area contributed by atoms with Crippen LogP contribution < -0.4 is 15.1 Å². The number of aromatic nitrogens is 2. The SMILES string of the molecule is c1cc(N2CCNCC2)nc(N2CCCC2)n1. The summed E-state index contributed by atoms with van der Waals surface area (Å²) in [6, 6.07) is 2.02. The van der Waals surface area contributed by atoms with Crippen molar-refractivity contribution in [2.24, 2.45) is 0 Å². The van der Waals surface area contributed by atoms with Crippen LogP contribution in [0.2, 0.25) is 0 Å². The zero-order chi connectivity index (χ0) is 11.5. The minimum absolute atomic E-state index is 0.901. The van der Waals surface area contributed by atoms with Gasteiger partial charge in [0.25, 0.3) is 0 Å². The number of hydrogen-bond acceptors (Lipinski definition) is 5. The molecule has 3 rings (SSSR count). The quantitative estimate of drug-likeness (QED) is 0.805. The molecule has 3 heterocycles. The van der Waals surface area contributed by atoms with E-state index in [9.17, 15) is 0 Å². The van der Waals surface area contributed by atoms with Crippen LogP contribution in [0.4, 0.5) is 11.8 Å². The van der Waals surface area contributed by atoms with Crippen LogP contribution in [0.3, 0.4) is 0 Å². The molecule has 2 fully saturated rings. The van der Waals surface area contributed by atoms with Gasteiger partial charge in [-0.25, -0.2) is 4.98 Å². The standard InChI is InChI=1S/C12H19N5/c1-2-8-17(7-1)12-14-4-3-11(15-12)16-9-5-13-6-10-16/h3-4,13H,1-2,5-10H2. The topological polar surface area (TPSA) is 44.3 Å². The predicted octanol–water partition coefficient (Wildman–Crippen LogP) is 0.486. The smallest absolute Gasteiger partial charge is 0.227 e. The van der Waals surface area contributed by atoms with Crippen LogP contribution >= 0.6 is 0 Å². The van der Waals surface area contributed by atoms with Gasteiger partial charge in [0.15, 0.2) is 0 Å². The molecule has 0 aliphatic carbocycles. The van der Waals surface area contributed by atoms with Crippen molar-refractivity contribution in [2.45, 2.75) is 12.8 Å². The Bertz CT molecular complexity index is 369. The highest BCUT2D eigenvalue weighted by atomic mass is 15.3. The van der Waals surface area contributed by atoms with Gasteiger partial charge in [-0.1, -0.05) is 0 Å². The fourth-order valence-electron chi connectivity index (χ4n) is 2.48. The molecule has 0 unspecified atom stereocenters. The number of anilines is 2. The van der Waals surface area contributed by atoms with Gasteiger partial charge in [-0.15, -0.1) is 0 Å². The summed E-state index contributed by atoms with van der Waals surface area (Å²) in [6.07, 6.45) is 4.42. The van der Waals surface area contributed by atoms with Gasteiger partial charge in [-0.05, 0) is 18.9 Å². The largest absolute Gasteiger partial charge is 0.354 e. The Labute approximate surface area is 102 Å². The fraction of sp³-hybridized carbons (Fsp3) is 0.667. The predicted molar refractivity (Wildman–Crippen MR) is 68.6 cm³/mol. The Morgan fingerprint density at radius 1 is 1.00 bits per heavy atom. The second-order valence-electron chi connectivity index (χ2n) is 4.65. The Balaban J connectivity index is 1.77. The van der Waals surface area contributed by atoms with E-state index in [4.69, 9.17) is 4.98 Å². The normalized spacial score (nSPS) is 20.9. The van der Waals surface area contributed by atoms with Crippen LogP contribution in [-0.2, 0) is 0 Å². The zero-order valence-electron chi connectivity index (χ0n) is 10.1. The van der Waals surface area contributed by atoms with Crippen LogP contribution in [0.25, 0.3) is 0 Å². The first-order valence-electron chi connectivity index (χ1n) is 6.47. The van der Waals surface area contributed by atoms with E-state index in [2.05, 4.69) is 20.1 Å². The van der Waals surface area contributed by atoms with Crippen LogP contribution in [0, 0.1) is 0 Å². The lowest BCUT2D eigenvalue weighted by Crippen LogP contribution is -2.44. The molecule has 92 valence electrons. The van der Waals surface area contributed by atoms with Gasteiger partial charge in [-0.3, -0.25) is 0 Å². The summed E-state index contributed by atoms with van der Waals surface area (Å²) in [7, 11) is 0. The second kappa shape index (κ2) is 4.87. The highest BCUT2D eigenvalue weighted by molar-refractivity contribution is 5.44. The summed E-state index contributed by atoms with van der Waals surface area (Å²) in [5, 5.41) is 3.36. The van der Waals surface area contributed by atoms with Crippen LogP contribution in [-0.4, -0.2) is 49.2 Å². The van der Waals surface area contributed by atoms with E-state index in [1.54, 1.807) is 0 Å². The maximum Gasteiger partial charge on any atom is 0.227 e. The van der Waals surface area contributed by atoms with Crippen molar-refractivity contribution < 1.29 is 0 Å². The molecule has 0 amide bonds. The average Bonchev–Trinajstić information content (AvgIpc) is 2.94. The lowest BCUT2D eigenvalue weighted by molar-refractivity contribution is 0.584. The maximum absolute atomic E-state index is 4.69. The molecular formula is C12H19N5. The molecule has 5 nitrogen and oxygen atoms in total. The Kier molecular flexibility index (Phi) is 3.09. The lowest BCUT2D eigenvalue weighted by atomic mass is 10.3. The summed E-state index contributed by atoms with van der Waals surface area (Å²) in [5.41, 5.74) is 0. The summed E-state index contributed by atoms with van der Waals surface area (Å²) in [5.74, 6) is 1.97. The van der Waals surface area contributed by atoms with Gasteiger partial charge in [0, 0.05) is 45.5 Å². The first-order chi connectivity index (χ1) is 8.43. The van der Waals surface area contributed by atoms with E-state index in [-0.39, 0.29) is 0 Å². The first kappa shape index (κ1) is 10.8. The monoisotopic (exact) mass is 233 g/mol. The average molecular weight is 233 g/mol. The number of piperazine rings is 1. The molecule has 0 atom stereocenters. The van der Waals surface area contributed by atoms with Gasteiger partial charge in [-0.2, -0.15) is 4.98 Å².